The number of aliphatic hydroxyl groups excluding tert-OH is 1. The first kappa shape index (κ1) is 16.0. The zero-order valence-electron chi connectivity index (χ0n) is 12.6. The van der Waals surface area contributed by atoms with Gasteiger partial charge in [-0.05, 0) is 68.9 Å². The Hall–Kier alpha value is -1.06. The second-order valence-corrected chi connectivity index (χ2v) is 5.35. The molecule has 2 unspecified atom stereocenters. The summed E-state index contributed by atoms with van der Waals surface area (Å²) in [6, 6.07) is 3.99. The van der Waals surface area contributed by atoms with E-state index in [1.165, 1.54) is 16.7 Å². The molecule has 1 aromatic rings. The van der Waals surface area contributed by atoms with Gasteiger partial charge in [-0.15, -0.1) is 0 Å². The first-order valence-electron chi connectivity index (χ1n) is 7.12. The van der Waals surface area contributed by atoms with Crippen molar-refractivity contribution in [2.45, 2.75) is 59.1 Å². The standard InChI is InChI=1S/C16H27NO2/c1-5-8-19-14-9-11(2)15(12(3)10-14)6-7-16(18)13(4)17/h9-10,13,16,18H,5-8,17H2,1-4H3. The number of hydrogen-bond acceptors (Lipinski definition) is 3. The van der Waals surface area contributed by atoms with E-state index >= 15 is 0 Å². The molecular weight excluding hydrogens is 238 g/mol. The molecule has 0 amide bonds. The fourth-order valence-corrected chi connectivity index (χ4v) is 2.21. The highest BCUT2D eigenvalue weighted by Gasteiger charge is 2.12. The average Bonchev–Trinajstić information content (AvgIpc) is 2.34. The minimum absolute atomic E-state index is 0.173. The third-order valence-electron chi connectivity index (χ3n) is 3.44. The zero-order chi connectivity index (χ0) is 14.4. The molecule has 0 radical (unpaired) electrons. The van der Waals surface area contributed by atoms with Crippen LogP contribution in [0.3, 0.4) is 0 Å². The van der Waals surface area contributed by atoms with Crippen molar-refractivity contribution < 1.29 is 9.84 Å². The molecule has 0 aliphatic heterocycles. The smallest absolute Gasteiger partial charge is 0.119 e. The van der Waals surface area contributed by atoms with Crippen LogP contribution in [0.4, 0.5) is 0 Å². The zero-order valence-corrected chi connectivity index (χ0v) is 12.6. The van der Waals surface area contributed by atoms with Gasteiger partial charge >= 0.3 is 0 Å². The molecular formula is C16H27NO2. The van der Waals surface area contributed by atoms with E-state index in [2.05, 4.69) is 32.9 Å². The molecule has 1 rings (SSSR count). The molecule has 3 nitrogen and oxygen atoms in total. The Bertz CT molecular complexity index is 379. The van der Waals surface area contributed by atoms with Crippen LogP contribution in [0.2, 0.25) is 0 Å². The normalized spacial score (nSPS) is 14.2. The van der Waals surface area contributed by atoms with Crippen LogP contribution in [0, 0.1) is 13.8 Å². The van der Waals surface area contributed by atoms with Crippen LogP contribution in [0.25, 0.3) is 0 Å². The highest BCUT2D eigenvalue weighted by atomic mass is 16.5. The maximum atomic E-state index is 9.79. The van der Waals surface area contributed by atoms with Crippen LogP contribution < -0.4 is 10.5 Å². The summed E-state index contributed by atoms with van der Waals surface area (Å²) in [5.74, 6) is 0.938. The molecule has 0 spiro atoms. The van der Waals surface area contributed by atoms with Crippen molar-refractivity contribution in [3.63, 3.8) is 0 Å². The van der Waals surface area contributed by atoms with E-state index in [0.717, 1.165) is 25.2 Å². The van der Waals surface area contributed by atoms with E-state index in [1.54, 1.807) is 0 Å². The van der Waals surface area contributed by atoms with Crippen molar-refractivity contribution in [1.29, 1.82) is 0 Å². The summed E-state index contributed by atoms with van der Waals surface area (Å²) in [6.07, 6.45) is 2.14. The van der Waals surface area contributed by atoms with Crippen molar-refractivity contribution >= 4 is 0 Å². The molecule has 3 heteroatoms. The van der Waals surface area contributed by atoms with E-state index < -0.39 is 6.10 Å². The highest BCUT2D eigenvalue weighted by molar-refractivity contribution is 5.41. The van der Waals surface area contributed by atoms with E-state index in [0.29, 0.717) is 6.42 Å². The van der Waals surface area contributed by atoms with Gasteiger partial charge in [0, 0.05) is 6.04 Å². The lowest BCUT2D eigenvalue weighted by atomic mass is 9.95. The van der Waals surface area contributed by atoms with Crippen LogP contribution in [0.5, 0.6) is 5.75 Å². The molecule has 0 aliphatic carbocycles. The quantitative estimate of drug-likeness (QED) is 0.797. The Balaban J connectivity index is 2.74. The van der Waals surface area contributed by atoms with Crippen LogP contribution in [-0.4, -0.2) is 23.9 Å². The van der Waals surface area contributed by atoms with Gasteiger partial charge in [-0.2, -0.15) is 0 Å². The number of hydrogen-bond donors (Lipinski definition) is 2. The van der Waals surface area contributed by atoms with Crippen molar-refractivity contribution in [2.75, 3.05) is 6.61 Å². The number of aryl methyl sites for hydroxylation is 2. The van der Waals surface area contributed by atoms with Gasteiger partial charge in [-0.25, -0.2) is 0 Å². The predicted molar refractivity (Wildman–Crippen MR) is 79.7 cm³/mol. The molecule has 0 saturated carbocycles. The Labute approximate surface area is 116 Å². The van der Waals surface area contributed by atoms with Crippen LogP contribution >= 0.6 is 0 Å². The Kier molecular flexibility index (Phi) is 6.32. The molecule has 0 aromatic heterocycles. The lowest BCUT2D eigenvalue weighted by Crippen LogP contribution is -2.31. The fraction of sp³-hybridized carbons (Fsp3) is 0.625. The summed E-state index contributed by atoms with van der Waals surface area (Å²) in [4.78, 5) is 0. The molecule has 0 heterocycles. The van der Waals surface area contributed by atoms with E-state index in [1.807, 2.05) is 6.92 Å². The molecule has 19 heavy (non-hydrogen) atoms. The minimum atomic E-state index is -0.435. The van der Waals surface area contributed by atoms with Gasteiger partial charge < -0.3 is 15.6 Å². The lowest BCUT2D eigenvalue weighted by Gasteiger charge is -2.17. The third-order valence-corrected chi connectivity index (χ3v) is 3.44. The molecule has 0 saturated heterocycles. The van der Waals surface area contributed by atoms with Gasteiger partial charge in [-0.1, -0.05) is 6.92 Å². The lowest BCUT2D eigenvalue weighted by molar-refractivity contribution is 0.141. The van der Waals surface area contributed by atoms with Crippen molar-refractivity contribution in [1.82, 2.24) is 0 Å². The van der Waals surface area contributed by atoms with Crippen molar-refractivity contribution in [3.8, 4) is 5.75 Å². The maximum absolute atomic E-state index is 9.79. The number of ether oxygens (including phenoxy) is 1. The minimum Gasteiger partial charge on any atom is -0.494 e. The average molecular weight is 265 g/mol. The van der Waals surface area contributed by atoms with Crippen LogP contribution in [-0.2, 0) is 6.42 Å². The largest absolute Gasteiger partial charge is 0.494 e. The second kappa shape index (κ2) is 7.51. The summed E-state index contributed by atoms with van der Waals surface area (Å²) < 4.78 is 5.67. The first-order valence-corrected chi connectivity index (χ1v) is 7.12. The summed E-state index contributed by atoms with van der Waals surface area (Å²) in [5.41, 5.74) is 9.43. The third kappa shape index (κ3) is 4.84. The van der Waals surface area contributed by atoms with E-state index in [9.17, 15) is 5.11 Å². The summed E-state index contributed by atoms with van der Waals surface area (Å²) in [7, 11) is 0. The van der Waals surface area contributed by atoms with Crippen molar-refractivity contribution in [3.05, 3.63) is 28.8 Å². The van der Waals surface area contributed by atoms with Crippen LogP contribution in [0.1, 0.15) is 43.4 Å². The number of benzene rings is 1. The van der Waals surface area contributed by atoms with Gasteiger partial charge in [0.1, 0.15) is 5.75 Å². The molecule has 0 aliphatic rings. The fourth-order valence-electron chi connectivity index (χ4n) is 2.21. The number of aliphatic hydroxyl groups is 1. The van der Waals surface area contributed by atoms with Crippen molar-refractivity contribution in [2.24, 2.45) is 5.73 Å². The predicted octanol–water partition coefficient (Wildman–Crippen LogP) is 2.73. The second-order valence-electron chi connectivity index (χ2n) is 5.35. The Morgan fingerprint density at radius 3 is 2.32 bits per heavy atom. The van der Waals surface area contributed by atoms with E-state index in [4.69, 9.17) is 10.5 Å². The summed E-state index contributed by atoms with van der Waals surface area (Å²) in [5, 5.41) is 9.79. The van der Waals surface area contributed by atoms with Gasteiger partial charge in [0.05, 0.1) is 12.7 Å². The summed E-state index contributed by atoms with van der Waals surface area (Å²) in [6.45, 7) is 8.88. The maximum Gasteiger partial charge on any atom is 0.119 e. The Morgan fingerprint density at radius 1 is 1.26 bits per heavy atom. The van der Waals surface area contributed by atoms with Gasteiger partial charge in [0.2, 0.25) is 0 Å². The molecule has 0 bridgehead atoms. The number of rotatable bonds is 7. The SMILES string of the molecule is CCCOc1cc(C)c(CCC(O)C(C)N)c(C)c1. The van der Waals surface area contributed by atoms with Gasteiger partial charge in [0.25, 0.3) is 0 Å². The number of nitrogens with two attached hydrogens (primary N) is 1. The first-order chi connectivity index (χ1) is 8.95. The van der Waals surface area contributed by atoms with E-state index in [-0.39, 0.29) is 6.04 Å². The molecule has 2 atom stereocenters. The monoisotopic (exact) mass is 265 g/mol. The topological polar surface area (TPSA) is 55.5 Å². The van der Waals surface area contributed by atoms with Gasteiger partial charge in [-0.3, -0.25) is 0 Å². The molecule has 3 N–H and O–H groups in total. The van der Waals surface area contributed by atoms with Gasteiger partial charge in [0.15, 0.2) is 0 Å². The highest BCUT2D eigenvalue weighted by Crippen LogP contribution is 2.23. The summed E-state index contributed by atoms with van der Waals surface area (Å²) >= 11 is 0. The van der Waals surface area contributed by atoms with Crippen LogP contribution in [0.15, 0.2) is 12.1 Å². The molecule has 108 valence electrons. The molecule has 0 fully saturated rings. The Morgan fingerprint density at radius 2 is 1.84 bits per heavy atom. The molecule has 1 aromatic carbocycles.